The maximum absolute atomic E-state index is 6.07. The van der Waals surface area contributed by atoms with Crippen molar-refractivity contribution in [2.45, 2.75) is 16.2 Å². The van der Waals surface area contributed by atoms with Gasteiger partial charge in [0.2, 0.25) is 0 Å². The molecular formula is C119H72N4S3. The molecule has 1 unspecified atom stereocenters. The van der Waals surface area contributed by atoms with Gasteiger partial charge in [-0.2, -0.15) is 0 Å². The summed E-state index contributed by atoms with van der Waals surface area (Å²) in [6.45, 7) is 0. The molecule has 0 saturated carbocycles. The van der Waals surface area contributed by atoms with Gasteiger partial charge in [0.25, 0.3) is 0 Å². The zero-order valence-electron chi connectivity index (χ0n) is 68.1. The number of aromatic nitrogens is 4. The van der Waals surface area contributed by atoms with E-state index >= 15 is 0 Å². The molecule has 4 nitrogen and oxygen atoms in total. The Morgan fingerprint density at radius 3 is 1.13 bits per heavy atom. The summed E-state index contributed by atoms with van der Waals surface area (Å²) in [5, 5.41) is 7.33. The molecule has 0 bridgehead atoms. The van der Waals surface area contributed by atoms with Crippen LogP contribution < -0.4 is 0 Å². The van der Waals surface area contributed by atoms with Crippen LogP contribution in [0.1, 0.15) is 66.8 Å². The van der Waals surface area contributed by atoms with Gasteiger partial charge in [0, 0.05) is 93.9 Å². The van der Waals surface area contributed by atoms with Gasteiger partial charge < -0.3 is 0 Å². The smallest absolute Gasteiger partial charge is 0.160 e. The maximum atomic E-state index is 6.07. The van der Waals surface area contributed by atoms with Crippen molar-refractivity contribution in [2.75, 3.05) is 0 Å². The molecule has 0 aliphatic heterocycles. The first-order chi connectivity index (χ1) is 62.5. The van der Waals surface area contributed by atoms with Crippen molar-refractivity contribution in [2.24, 2.45) is 0 Å². The fraction of sp³-hybridized carbons (Fsp3) is 0.0252. The molecule has 23 aromatic rings. The minimum atomic E-state index is -0.801. The summed E-state index contributed by atoms with van der Waals surface area (Å²) in [6.07, 6.45) is 0. The standard InChI is InChI=1S/C119H72N4S3/c1-6-34-75(35-7-1)117(76-36-8-2-9-37-76)97-60-22-17-48-88(97)109-90(53-30-62-99(109)117)101-71-103(121-115(120-101)74-67-68-85-83-46-19-24-64-105(83)124-108(85)70-74)93-56-29-57-94-111-81(50-32-66-107(111)126-114(93)94)73-33-26-44-80(69-73)118(77-38-10-3-11-39-77)98-61-23-18-49-89(98)110-91(54-31-63-100(110)118)102-72-104(92-55-28-52-87-84-47-20-25-65-106(84)125-113(87)92)123-116(122-102)95-58-27-51-86-82-45-16-21-59-96(82)119(112(86)95,78-40-12-4-13-41-78)79-42-14-5-15-43-79/h1-72H. The van der Waals surface area contributed by atoms with Crippen molar-refractivity contribution < 1.29 is 0 Å². The van der Waals surface area contributed by atoms with Gasteiger partial charge in [0.05, 0.1) is 39.0 Å². The second kappa shape index (κ2) is 28.4. The number of benzene rings is 18. The molecule has 0 N–H and O–H groups in total. The normalized spacial score (nSPS) is 14.3. The molecule has 586 valence electrons. The summed E-state index contributed by atoms with van der Waals surface area (Å²) in [5.74, 6) is 1.34. The van der Waals surface area contributed by atoms with Gasteiger partial charge in [0.15, 0.2) is 11.6 Å². The van der Waals surface area contributed by atoms with E-state index in [0.29, 0.717) is 11.6 Å². The van der Waals surface area contributed by atoms with Crippen LogP contribution in [0.4, 0.5) is 0 Å². The van der Waals surface area contributed by atoms with E-state index in [1.807, 2.05) is 34.0 Å². The van der Waals surface area contributed by atoms with Crippen LogP contribution in [0.2, 0.25) is 0 Å². The Morgan fingerprint density at radius 2 is 0.540 bits per heavy atom. The molecule has 0 fully saturated rings. The number of thiophene rings is 3. The highest BCUT2D eigenvalue weighted by Gasteiger charge is 2.51. The van der Waals surface area contributed by atoms with E-state index < -0.39 is 16.2 Å². The summed E-state index contributed by atoms with van der Waals surface area (Å²) in [7, 11) is 0. The lowest BCUT2D eigenvalue weighted by atomic mass is 9.66. The Hall–Kier alpha value is -15.2. The van der Waals surface area contributed by atoms with E-state index in [1.54, 1.807) is 0 Å². The van der Waals surface area contributed by atoms with Crippen molar-refractivity contribution in [3.05, 3.63) is 504 Å². The monoisotopic (exact) mass is 1650 g/mol. The van der Waals surface area contributed by atoms with Crippen molar-refractivity contribution in [3.8, 4) is 112 Å². The molecule has 5 aromatic heterocycles. The van der Waals surface area contributed by atoms with Crippen LogP contribution in [-0.4, -0.2) is 19.9 Å². The third-order valence-corrected chi connectivity index (χ3v) is 30.8. The third kappa shape index (κ3) is 10.5. The van der Waals surface area contributed by atoms with Crippen LogP contribution in [0.3, 0.4) is 0 Å². The first-order valence-electron chi connectivity index (χ1n) is 43.1. The Balaban J connectivity index is 0.660. The van der Waals surface area contributed by atoms with Crippen molar-refractivity contribution in [3.63, 3.8) is 0 Å². The highest BCUT2D eigenvalue weighted by molar-refractivity contribution is 7.27. The molecule has 3 aliphatic rings. The number of fused-ring (bicyclic) bond motifs is 18. The predicted octanol–water partition coefficient (Wildman–Crippen LogP) is 31.1. The minimum absolute atomic E-state index is 0.597. The van der Waals surface area contributed by atoms with Crippen LogP contribution in [0.5, 0.6) is 0 Å². The number of hydrogen-bond acceptors (Lipinski definition) is 7. The molecule has 0 saturated heterocycles. The minimum Gasteiger partial charge on any atom is -0.228 e. The summed E-state index contributed by atoms with van der Waals surface area (Å²) in [5.41, 5.74) is 31.3. The first kappa shape index (κ1) is 72.4. The Kier molecular flexibility index (Phi) is 16.3. The molecule has 0 radical (unpaired) electrons. The van der Waals surface area contributed by atoms with Crippen molar-refractivity contribution >= 4 is 94.5 Å². The molecule has 0 spiro atoms. The average molecular weight is 1650 g/mol. The lowest BCUT2D eigenvalue weighted by molar-refractivity contribution is 0.768. The highest BCUT2D eigenvalue weighted by atomic mass is 32.1. The molecule has 26 rings (SSSR count). The second-order valence-electron chi connectivity index (χ2n) is 33.5. The number of nitrogens with zero attached hydrogens (tertiary/aromatic N) is 4. The fourth-order valence-corrected chi connectivity index (χ4v) is 25.8. The molecule has 126 heavy (non-hydrogen) atoms. The average Bonchev–Trinajstić information content (AvgIpc) is 1.54. The van der Waals surface area contributed by atoms with Gasteiger partial charge in [-0.05, 0) is 154 Å². The van der Waals surface area contributed by atoms with Gasteiger partial charge in [-0.3, -0.25) is 0 Å². The van der Waals surface area contributed by atoms with Gasteiger partial charge in [-0.15, -0.1) is 34.0 Å². The van der Waals surface area contributed by atoms with E-state index in [9.17, 15) is 0 Å². The quantitative estimate of drug-likeness (QED) is 0.115. The van der Waals surface area contributed by atoms with Crippen LogP contribution in [-0.2, 0) is 16.2 Å². The number of rotatable bonds is 13. The molecule has 5 heterocycles. The number of hydrogen-bond donors (Lipinski definition) is 0. The van der Waals surface area contributed by atoms with Crippen LogP contribution in [0, 0.1) is 0 Å². The summed E-state index contributed by atoms with van der Waals surface area (Å²) in [6, 6.07) is 162. The molecular weight excluding hydrogens is 1580 g/mol. The summed E-state index contributed by atoms with van der Waals surface area (Å²) >= 11 is 5.50. The zero-order chi connectivity index (χ0) is 82.8. The fourth-order valence-electron chi connectivity index (χ4n) is 22.1. The van der Waals surface area contributed by atoms with Crippen LogP contribution >= 0.6 is 34.0 Å². The topological polar surface area (TPSA) is 51.6 Å². The molecule has 0 amide bonds. The maximum Gasteiger partial charge on any atom is 0.160 e. The lowest BCUT2D eigenvalue weighted by Crippen LogP contribution is -2.29. The second-order valence-corrected chi connectivity index (χ2v) is 36.6. The van der Waals surface area contributed by atoms with Crippen LogP contribution in [0.15, 0.2) is 437 Å². The SMILES string of the molecule is c1ccc(C2(c3ccccc3)c3ccccc3-c3c(-c4cc(-c5cccc6c5sc5cccc(-c7cccc(C8(c9ccccc9)c9ccccc9-c9c(-c%10cc(-c%11cccc%12c%11sc%11ccccc%11%12)nc(-c%11cccc%12c%11C(c%11ccccc%11)(c%11ccccc%11)c%11ccccc%11-%12)n%10)cccc98)c7)c56)nc(-c5ccc6c(c5)sc5ccccc56)n4)cccc32)cc1. The van der Waals surface area contributed by atoms with E-state index in [4.69, 9.17) is 19.9 Å². The van der Waals surface area contributed by atoms with Crippen LogP contribution in [0.25, 0.3) is 173 Å². The third-order valence-electron chi connectivity index (χ3n) is 27.2. The van der Waals surface area contributed by atoms with Gasteiger partial charge >= 0.3 is 0 Å². The summed E-state index contributed by atoms with van der Waals surface area (Å²) in [4.78, 5) is 23.6. The first-order valence-corrected chi connectivity index (χ1v) is 45.6. The van der Waals surface area contributed by atoms with E-state index in [0.717, 1.165) is 78.4 Å². The van der Waals surface area contributed by atoms with Crippen molar-refractivity contribution in [1.82, 2.24) is 19.9 Å². The Bertz CT molecular complexity index is 8340. The van der Waals surface area contributed by atoms with Crippen molar-refractivity contribution in [1.29, 1.82) is 0 Å². The molecule has 3 aliphatic carbocycles. The van der Waals surface area contributed by atoms with Gasteiger partial charge in [-0.1, -0.05) is 394 Å². The van der Waals surface area contributed by atoms with E-state index in [2.05, 4.69) is 437 Å². The van der Waals surface area contributed by atoms with Gasteiger partial charge in [-0.25, -0.2) is 19.9 Å². The zero-order valence-corrected chi connectivity index (χ0v) is 70.5. The lowest BCUT2D eigenvalue weighted by Gasteiger charge is -2.35. The predicted molar refractivity (Wildman–Crippen MR) is 526 cm³/mol. The molecule has 1 atom stereocenters. The van der Waals surface area contributed by atoms with Gasteiger partial charge in [0.1, 0.15) is 0 Å². The molecule has 7 heteroatoms. The Labute approximate surface area is 740 Å². The largest absolute Gasteiger partial charge is 0.228 e. The molecule has 18 aromatic carbocycles. The summed E-state index contributed by atoms with van der Waals surface area (Å²) < 4.78 is 7.26. The Morgan fingerprint density at radius 1 is 0.183 bits per heavy atom. The highest BCUT2D eigenvalue weighted by Crippen LogP contribution is 2.63. The van der Waals surface area contributed by atoms with E-state index in [-0.39, 0.29) is 0 Å². The van der Waals surface area contributed by atoms with E-state index in [1.165, 1.54) is 150 Å².